The monoisotopic (exact) mass is 261 g/mol. The molecule has 2 heterocycles. The second kappa shape index (κ2) is 5.24. The molecule has 0 spiro atoms. The van der Waals surface area contributed by atoms with Crippen molar-refractivity contribution in [3.8, 4) is 0 Å². The highest BCUT2D eigenvalue weighted by Crippen LogP contribution is 2.41. The molecule has 0 amide bonds. The SMILES string of the molecule is CNC(CCCS(C)(=O)=O)C1CC2CCC1O2. The molecule has 0 radical (unpaired) electrons. The van der Waals surface area contributed by atoms with Gasteiger partial charge in [-0.25, -0.2) is 8.42 Å². The third kappa shape index (κ3) is 3.42. The molecule has 4 nitrogen and oxygen atoms in total. The van der Waals surface area contributed by atoms with E-state index in [2.05, 4.69) is 5.32 Å². The molecule has 0 aromatic carbocycles. The van der Waals surface area contributed by atoms with Crippen LogP contribution in [0.25, 0.3) is 0 Å². The lowest BCUT2D eigenvalue weighted by molar-refractivity contribution is 0.0856. The van der Waals surface area contributed by atoms with Crippen LogP contribution in [-0.2, 0) is 14.6 Å². The zero-order valence-electron chi connectivity index (χ0n) is 10.7. The number of ether oxygens (including phenoxy) is 1. The highest BCUT2D eigenvalue weighted by atomic mass is 32.2. The van der Waals surface area contributed by atoms with Gasteiger partial charge < -0.3 is 10.1 Å². The van der Waals surface area contributed by atoms with Crippen molar-refractivity contribution in [3.63, 3.8) is 0 Å². The van der Waals surface area contributed by atoms with Gasteiger partial charge in [0.2, 0.25) is 0 Å². The molecule has 4 atom stereocenters. The van der Waals surface area contributed by atoms with Crippen LogP contribution in [0.2, 0.25) is 0 Å². The van der Waals surface area contributed by atoms with E-state index in [0.717, 1.165) is 19.3 Å². The number of rotatable bonds is 6. The third-order valence-electron chi connectivity index (χ3n) is 4.07. The molecule has 100 valence electrons. The second-order valence-electron chi connectivity index (χ2n) is 5.44. The Balaban J connectivity index is 1.81. The van der Waals surface area contributed by atoms with Crippen LogP contribution in [0.3, 0.4) is 0 Å². The average Bonchev–Trinajstić information content (AvgIpc) is 2.84. The Morgan fingerprint density at radius 2 is 2.18 bits per heavy atom. The van der Waals surface area contributed by atoms with Crippen molar-refractivity contribution in [1.82, 2.24) is 5.32 Å². The minimum atomic E-state index is -2.82. The Labute approximate surface area is 104 Å². The van der Waals surface area contributed by atoms with E-state index in [1.165, 1.54) is 19.1 Å². The Morgan fingerprint density at radius 3 is 2.65 bits per heavy atom. The van der Waals surface area contributed by atoms with Gasteiger partial charge in [0, 0.05) is 24.0 Å². The minimum absolute atomic E-state index is 0.298. The van der Waals surface area contributed by atoms with Gasteiger partial charge in [0.05, 0.1) is 12.2 Å². The van der Waals surface area contributed by atoms with Gasteiger partial charge in [0.25, 0.3) is 0 Å². The number of hydrogen-bond donors (Lipinski definition) is 1. The molecule has 5 heteroatoms. The molecule has 2 bridgehead atoms. The van der Waals surface area contributed by atoms with Crippen molar-refractivity contribution in [3.05, 3.63) is 0 Å². The number of hydrogen-bond acceptors (Lipinski definition) is 4. The van der Waals surface area contributed by atoms with Crippen LogP contribution in [0.4, 0.5) is 0 Å². The van der Waals surface area contributed by atoms with Crippen LogP contribution in [0, 0.1) is 5.92 Å². The van der Waals surface area contributed by atoms with E-state index >= 15 is 0 Å². The first-order chi connectivity index (χ1) is 7.99. The van der Waals surface area contributed by atoms with Crippen LogP contribution in [0.5, 0.6) is 0 Å². The van der Waals surface area contributed by atoms with Crippen LogP contribution in [0.15, 0.2) is 0 Å². The van der Waals surface area contributed by atoms with Crippen molar-refractivity contribution in [2.45, 2.75) is 50.4 Å². The maximum atomic E-state index is 11.1. The first kappa shape index (κ1) is 13.3. The summed E-state index contributed by atoms with van der Waals surface area (Å²) in [6, 6.07) is 0.409. The van der Waals surface area contributed by atoms with E-state index in [1.807, 2.05) is 7.05 Å². The fourth-order valence-electron chi connectivity index (χ4n) is 3.24. The highest BCUT2D eigenvalue weighted by molar-refractivity contribution is 7.90. The Bertz CT molecular complexity index is 355. The van der Waals surface area contributed by atoms with Gasteiger partial charge >= 0.3 is 0 Å². The molecule has 2 saturated heterocycles. The molecule has 0 saturated carbocycles. The van der Waals surface area contributed by atoms with Crippen LogP contribution < -0.4 is 5.32 Å². The molecule has 0 aromatic heterocycles. The van der Waals surface area contributed by atoms with Crippen molar-refractivity contribution in [2.75, 3.05) is 19.1 Å². The van der Waals surface area contributed by atoms with E-state index in [9.17, 15) is 8.42 Å². The molecule has 2 rings (SSSR count). The fraction of sp³-hybridized carbons (Fsp3) is 1.00. The number of sulfone groups is 1. The summed E-state index contributed by atoms with van der Waals surface area (Å²) in [5, 5.41) is 3.34. The molecule has 2 aliphatic heterocycles. The van der Waals surface area contributed by atoms with E-state index in [-0.39, 0.29) is 0 Å². The van der Waals surface area contributed by atoms with Gasteiger partial charge in [-0.05, 0) is 39.2 Å². The van der Waals surface area contributed by atoms with Crippen LogP contribution in [0.1, 0.15) is 32.1 Å². The summed E-state index contributed by atoms with van der Waals surface area (Å²) in [5.41, 5.74) is 0. The number of nitrogens with one attached hydrogen (secondary N) is 1. The van der Waals surface area contributed by atoms with Gasteiger partial charge in [-0.15, -0.1) is 0 Å². The normalized spacial score (nSPS) is 34.1. The quantitative estimate of drug-likeness (QED) is 0.774. The lowest BCUT2D eigenvalue weighted by atomic mass is 9.82. The molecule has 17 heavy (non-hydrogen) atoms. The predicted octanol–water partition coefficient (Wildman–Crippen LogP) is 0.967. The zero-order chi connectivity index (χ0) is 12.5. The molecular formula is C12H23NO3S. The lowest BCUT2D eigenvalue weighted by Gasteiger charge is -2.28. The molecule has 2 fully saturated rings. The fourth-order valence-corrected chi connectivity index (χ4v) is 3.93. The second-order valence-corrected chi connectivity index (χ2v) is 7.70. The van der Waals surface area contributed by atoms with Crippen LogP contribution >= 0.6 is 0 Å². The Hall–Kier alpha value is -0.130. The standard InChI is InChI=1S/C12H23NO3S/c1-13-11(4-3-7-17(2,14)15)10-8-9-5-6-12(10)16-9/h9-13H,3-8H2,1-2H3. The summed E-state index contributed by atoms with van der Waals surface area (Å²) in [4.78, 5) is 0. The molecule has 0 aromatic rings. The van der Waals surface area contributed by atoms with Gasteiger partial charge in [-0.3, -0.25) is 0 Å². The largest absolute Gasteiger partial charge is 0.375 e. The van der Waals surface area contributed by atoms with Crippen molar-refractivity contribution >= 4 is 9.84 Å². The summed E-state index contributed by atoms with van der Waals surface area (Å²) >= 11 is 0. The summed E-state index contributed by atoms with van der Waals surface area (Å²) in [6.07, 6.45) is 7.41. The smallest absolute Gasteiger partial charge is 0.147 e. The molecule has 1 N–H and O–H groups in total. The van der Waals surface area contributed by atoms with Gasteiger partial charge in [0.1, 0.15) is 9.84 Å². The Kier molecular flexibility index (Phi) is 4.10. The first-order valence-corrected chi connectivity index (χ1v) is 8.56. The summed E-state index contributed by atoms with van der Waals surface area (Å²) in [6.45, 7) is 0. The average molecular weight is 261 g/mol. The molecular weight excluding hydrogens is 238 g/mol. The molecule has 0 aliphatic carbocycles. The maximum Gasteiger partial charge on any atom is 0.147 e. The zero-order valence-corrected chi connectivity index (χ0v) is 11.5. The first-order valence-electron chi connectivity index (χ1n) is 6.50. The maximum absolute atomic E-state index is 11.1. The minimum Gasteiger partial charge on any atom is -0.375 e. The summed E-state index contributed by atoms with van der Waals surface area (Å²) < 4.78 is 28.1. The van der Waals surface area contributed by atoms with E-state index < -0.39 is 9.84 Å². The summed E-state index contributed by atoms with van der Waals surface area (Å²) in [5.74, 6) is 0.880. The third-order valence-corrected chi connectivity index (χ3v) is 5.10. The van der Waals surface area contributed by atoms with Gasteiger partial charge in [0.15, 0.2) is 0 Å². The van der Waals surface area contributed by atoms with Gasteiger partial charge in [-0.1, -0.05) is 0 Å². The van der Waals surface area contributed by atoms with Crippen molar-refractivity contribution in [1.29, 1.82) is 0 Å². The van der Waals surface area contributed by atoms with E-state index in [4.69, 9.17) is 4.74 Å². The van der Waals surface area contributed by atoms with Crippen molar-refractivity contribution in [2.24, 2.45) is 5.92 Å². The highest BCUT2D eigenvalue weighted by Gasteiger charge is 2.43. The molecule has 2 aliphatic rings. The van der Waals surface area contributed by atoms with E-state index in [0.29, 0.717) is 29.9 Å². The van der Waals surface area contributed by atoms with Gasteiger partial charge in [-0.2, -0.15) is 0 Å². The molecule has 4 unspecified atom stereocenters. The Morgan fingerprint density at radius 1 is 1.41 bits per heavy atom. The topological polar surface area (TPSA) is 55.4 Å². The van der Waals surface area contributed by atoms with Crippen molar-refractivity contribution < 1.29 is 13.2 Å². The number of fused-ring (bicyclic) bond motifs is 2. The summed E-state index contributed by atoms with van der Waals surface area (Å²) in [7, 11) is -0.852. The van der Waals surface area contributed by atoms with E-state index in [1.54, 1.807) is 0 Å². The lowest BCUT2D eigenvalue weighted by Crippen LogP contribution is -2.39. The van der Waals surface area contributed by atoms with Crippen LogP contribution in [-0.4, -0.2) is 45.7 Å². The predicted molar refractivity (Wildman–Crippen MR) is 67.8 cm³/mol.